The van der Waals surface area contributed by atoms with E-state index in [9.17, 15) is 0 Å². The van der Waals surface area contributed by atoms with Crippen LogP contribution in [-0.4, -0.2) is 4.57 Å². The Morgan fingerprint density at radius 1 is 0.455 bits per heavy atom. The smallest absolute Gasteiger partial charge is 0.0541 e. The Kier molecular flexibility index (Phi) is 8.99. The van der Waals surface area contributed by atoms with E-state index in [4.69, 9.17) is 0 Å². The molecular formula is C53H40N2. The van der Waals surface area contributed by atoms with Gasteiger partial charge in [-0.25, -0.2) is 0 Å². The van der Waals surface area contributed by atoms with Crippen molar-refractivity contribution in [3.05, 3.63) is 224 Å². The van der Waals surface area contributed by atoms with Gasteiger partial charge in [-0.05, 0) is 112 Å². The summed E-state index contributed by atoms with van der Waals surface area (Å²) >= 11 is 0. The fourth-order valence-corrected chi connectivity index (χ4v) is 7.90. The van der Waals surface area contributed by atoms with E-state index in [0.717, 1.165) is 33.9 Å². The molecule has 0 saturated heterocycles. The zero-order chi connectivity index (χ0) is 37.1. The molecule has 0 amide bonds. The highest BCUT2D eigenvalue weighted by atomic mass is 15.1. The normalized spacial score (nSPS) is 11.5. The number of para-hydroxylation sites is 2. The summed E-state index contributed by atoms with van der Waals surface area (Å²) in [5.41, 5.74) is 16.2. The topological polar surface area (TPSA) is 8.17 Å². The molecule has 0 aliphatic carbocycles. The number of anilines is 3. The summed E-state index contributed by atoms with van der Waals surface area (Å²) in [7, 11) is 0. The Hall–Kier alpha value is -7.16. The predicted molar refractivity (Wildman–Crippen MR) is 236 cm³/mol. The van der Waals surface area contributed by atoms with Gasteiger partial charge in [-0.2, -0.15) is 0 Å². The first kappa shape index (κ1) is 33.7. The molecule has 9 rings (SSSR count). The number of hydrogen-bond acceptors (Lipinski definition) is 1. The Morgan fingerprint density at radius 2 is 0.982 bits per heavy atom. The highest BCUT2D eigenvalue weighted by molar-refractivity contribution is 6.09. The first-order valence-electron chi connectivity index (χ1n) is 18.8. The maximum Gasteiger partial charge on any atom is 0.0541 e. The van der Waals surface area contributed by atoms with Gasteiger partial charge in [0.25, 0.3) is 0 Å². The van der Waals surface area contributed by atoms with E-state index in [1.807, 2.05) is 6.08 Å². The number of hydrogen-bond donors (Lipinski definition) is 0. The lowest BCUT2D eigenvalue weighted by atomic mass is 9.94. The van der Waals surface area contributed by atoms with Crippen LogP contribution in [0.2, 0.25) is 0 Å². The van der Waals surface area contributed by atoms with Crippen LogP contribution in [0.25, 0.3) is 66.4 Å². The third kappa shape index (κ3) is 6.34. The van der Waals surface area contributed by atoms with Crippen molar-refractivity contribution in [3.8, 4) is 39.1 Å². The van der Waals surface area contributed by atoms with Crippen molar-refractivity contribution in [2.75, 3.05) is 4.90 Å². The quantitative estimate of drug-likeness (QED) is 0.136. The Labute approximate surface area is 323 Å². The lowest BCUT2D eigenvalue weighted by Gasteiger charge is -2.27. The second-order valence-corrected chi connectivity index (χ2v) is 13.8. The van der Waals surface area contributed by atoms with Crippen LogP contribution in [0, 0.1) is 0 Å². The molecule has 1 heterocycles. The van der Waals surface area contributed by atoms with Gasteiger partial charge in [-0.15, -0.1) is 0 Å². The van der Waals surface area contributed by atoms with Crippen LogP contribution in [-0.2, 0) is 0 Å². The number of aromatic nitrogens is 1. The van der Waals surface area contributed by atoms with Crippen molar-refractivity contribution >= 4 is 44.4 Å². The Bertz CT molecular complexity index is 2770. The third-order valence-electron chi connectivity index (χ3n) is 10.6. The molecule has 0 aliphatic heterocycles. The van der Waals surface area contributed by atoms with Gasteiger partial charge in [0.2, 0.25) is 0 Å². The summed E-state index contributed by atoms with van der Waals surface area (Å²) in [5, 5.41) is 2.54. The van der Waals surface area contributed by atoms with Crippen molar-refractivity contribution in [1.82, 2.24) is 4.57 Å². The van der Waals surface area contributed by atoms with E-state index in [0.29, 0.717) is 0 Å². The van der Waals surface area contributed by atoms with E-state index in [1.165, 1.54) is 55.2 Å². The first-order valence-corrected chi connectivity index (χ1v) is 18.8. The lowest BCUT2D eigenvalue weighted by molar-refractivity contribution is 1.18. The van der Waals surface area contributed by atoms with Crippen LogP contribution in [0.1, 0.15) is 12.5 Å². The van der Waals surface area contributed by atoms with Crippen LogP contribution in [0.3, 0.4) is 0 Å². The van der Waals surface area contributed by atoms with E-state index >= 15 is 0 Å². The van der Waals surface area contributed by atoms with E-state index in [2.05, 4.69) is 229 Å². The number of rotatable bonds is 9. The van der Waals surface area contributed by atoms with Crippen molar-refractivity contribution in [3.63, 3.8) is 0 Å². The predicted octanol–water partition coefficient (Wildman–Crippen LogP) is 14.8. The summed E-state index contributed by atoms with van der Waals surface area (Å²) < 4.78 is 2.37. The molecule has 9 aromatic rings. The highest BCUT2D eigenvalue weighted by Gasteiger charge is 2.17. The van der Waals surface area contributed by atoms with Gasteiger partial charge in [-0.1, -0.05) is 158 Å². The fourth-order valence-electron chi connectivity index (χ4n) is 7.90. The SMILES string of the molecule is C=C/C(=C\C)c1cccc(N(c2ccc(-c3ccccc3-c3ccc(-n4c5ccccc5c5ccccc54)cc3)cc2)c2cccc(-c3ccccc3)c2)c1. The lowest BCUT2D eigenvalue weighted by Crippen LogP contribution is -2.10. The Morgan fingerprint density at radius 3 is 1.60 bits per heavy atom. The van der Waals surface area contributed by atoms with Crippen molar-refractivity contribution in [2.45, 2.75) is 6.92 Å². The monoisotopic (exact) mass is 704 g/mol. The standard InChI is InChI=1S/C53H40N2/c1-3-38(4-2)42-18-14-20-46(36-42)54(47-21-15-19-43(37-47)39-16-6-5-7-17-39)44-32-28-40(29-33-44)48-22-8-9-23-49(48)41-30-34-45(35-31-41)55-52-26-12-10-24-50(52)51-25-11-13-27-53(51)55/h3-37H,1H2,2H3/b38-4+. The molecular weight excluding hydrogens is 665 g/mol. The largest absolute Gasteiger partial charge is 0.310 e. The van der Waals surface area contributed by atoms with Crippen molar-refractivity contribution in [1.29, 1.82) is 0 Å². The molecule has 8 aromatic carbocycles. The van der Waals surface area contributed by atoms with Gasteiger partial charge in [0.1, 0.15) is 0 Å². The molecule has 0 atom stereocenters. The van der Waals surface area contributed by atoms with Gasteiger partial charge in [-0.3, -0.25) is 0 Å². The van der Waals surface area contributed by atoms with E-state index in [1.54, 1.807) is 0 Å². The van der Waals surface area contributed by atoms with Crippen LogP contribution in [0.15, 0.2) is 219 Å². The summed E-state index contributed by atoms with van der Waals surface area (Å²) in [6.07, 6.45) is 4.03. The molecule has 0 spiro atoms. The molecule has 0 saturated carbocycles. The minimum atomic E-state index is 1.08. The van der Waals surface area contributed by atoms with Gasteiger partial charge in [0.05, 0.1) is 11.0 Å². The second kappa shape index (κ2) is 14.7. The van der Waals surface area contributed by atoms with Gasteiger partial charge in [0.15, 0.2) is 0 Å². The molecule has 2 nitrogen and oxygen atoms in total. The average molecular weight is 705 g/mol. The van der Waals surface area contributed by atoms with Gasteiger partial charge >= 0.3 is 0 Å². The van der Waals surface area contributed by atoms with Gasteiger partial charge in [0, 0.05) is 33.5 Å². The van der Waals surface area contributed by atoms with Gasteiger partial charge < -0.3 is 9.47 Å². The molecule has 0 radical (unpaired) electrons. The zero-order valence-corrected chi connectivity index (χ0v) is 30.8. The molecule has 1 aromatic heterocycles. The van der Waals surface area contributed by atoms with E-state index < -0.39 is 0 Å². The van der Waals surface area contributed by atoms with Crippen LogP contribution in [0.5, 0.6) is 0 Å². The maximum absolute atomic E-state index is 4.07. The molecule has 262 valence electrons. The minimum Gasteiger partial charge on any atom is -0.310 e. The molecule has 0 aliphatic rings. The molecule has 0 N–H and O–H groups in total. The number of benzene rings is 8. The minimum absolute atomic E-state index is 1.08. The molecule has 2 heteroatoms. The molecule has 0 unspecified atom stereocenters. The fraction of sp³-hybridized carbons (Fsp3) is 0.0189. The van der Waals surface area contributed by atoms with Crippen LogP contribution >= 0.6 is 0 Å². The maximum atomic E-state index is 4.07. The summed E-state index contributed by atoms with van der Waals surface area (Å²) in [5.74, 6) is 0. The number of nitrogens with zero attached hydrogens (tertiary/aromatic N) is 2. The summed E-state index contributed by atoms with van der Waals surface area (Å²) in [4.78, 5) is 2.34. The zero-order valence-electron chi connectivity index (χ0n) is 30.8. The van der Waals surface area contributed by atoms with Crippen molar-refractivity contribution in [2.24, 2.45) is 0 Å². The first-order chi connectivity index (χ1) is 27.2. The van der Waals surface area contributed by atoms with Crippen LogP contribution < -0.4 is 4.90 Å². The average Bonchev–Trinajstić information content (AvgIpc) is 3.60. The summed E-state index contributed by atoms with van der Waals surface area (Å²) in [6, 6.07) is 72.1. The molecule has 0 fully saturated rings. The highest BCUT2D eigenvalue weighted by Crippen LogP contribution is 2.40. The number of fused-ring (bicyclic) bond motifs is 3. The summed E-state index contributed by atoms with van der Waals surface area (Å²) in [6.45, 7) is 6.12. The molecule has 0 bridgehead atoms. The van der Waals surface area contributed by atoms with Crippen LogP contribution in [0.4, 0.5) is 17.1 Å². The number of allylic oxidation sites excluding steroid dienone is 3. The molecule has 55 heavy (non-hydrogen) atoms. The Balaban J connectivity index is 1.09. The second-order valence-electron chi connectivity index (χ2n) is 13.8. The van der Waals surface area contributed by atoms with E-state index in [-0.39, 0.29) is 0 Å². The third-order valence-corrected chi connectivity index (χ3v) is 10.6. The van der Waals surface area contributed by atoms with Crippen molar-refractivity contribution < 1.29 is 0 Å².